The van der Waals surface area contributed by atoms with Gasteiger partial charge in [0.2, 0.25) is 11.8 Å². The molecule has 0 bridgehead atoms. The number of rotatable bonds is 14. The third kappa shape index (κ3) is 9.49. The van der Waals surface area contributed by atoms with Crippen LogP contribution in [0.3, 0.4) is 0 Å². The molecule has 0 saturated carbocycles. The third-order valence-corrected chi connectivity index (χ3v) is 11.1. The van der Waals surface area contributed by atoms with Crippen molar-refractivity contribution in [3.05, 3.63) is 0 Å². The Morgan fingerprint density at radius 3 is 1.35 bits per heavy atom. The first-order valence-corrected chi connectivity index (χ1v) is 17.9. The molecular weight excluding hydrogens is 523 g/mol. The Bertz CT molecular complexity index is 846. The van der Waals surface area contributed by atoms with E-state index in [4.69, 9.17) is 0 Å². The lowest BCUT2D eigenvalue weighted by Gasteiger charge is -2.33. The maximum atomic E-state index is 13.1. The van der Waals surface area contributed by atoms with E-state index in [1.807, 2.05) is 0 Å². The molecule has 2 amide bonds. The van der Waals surface area contributed by atoms with Crippen LogP contribution in [0.5, 0.6) is 0 Å². The molecule has 0 aromatic heterocycles. The summed E-state index contributed by atoms with van der Waals surface area (Å²) in [6, 6.07) is 0. The summed E-state index contributed by atoms with van der Waals surface area (Å²) in [4.78, 5) is 26.2. The van der Waals surface area contributed by atoms with Gasteiger partial charge in [0, 0.05) is 37.1 Å². The molecule has 2 N–H and O–H groups in total. The highest BCUT2D eigenvalue weighted by molar-refractivity contribution is 8.72. The lowest BCUT2D eigenvalue weighted by Crippen LogP contribution is -2.49. The van der Waals surface area contributed by atoms with Gasteiger partial charge in [-0.3, -0.25) is 9.59 Å². The van der Waals surface area contributed by atoms with Crippen LogP contribution >= 0.6 is 21.6 Å². The molecule has 0 aromatic rings. The number of hydroxylamine groups is 2. The van der Waals surface area contributed by atoms with Crippen molar-refractivity contribution in [2.75, 3.05) is 37.1 Å². The second-order valence-electron chi connectivity index (χ2n) is 9.61. The number of amides is 2. The topological polar surface area (TPSA) is 150 Å². The summed E-state index contributed by atoms with van der Waals surface area (Å²) in [6.45, 7) is 7.27. The molecule has 1 aliphatic rings. The van der Waals surface area contributed by atoms with Crippen molar-refractivity contribution < 1.29 is 31.6 Å². The zero-order chi connectivity index (χ0) is 26.4. The maximum Gasteiger partial charge on any atom is 0.225 e. The van der Waals surface area contributed by atoms with Crippen molar-refractivity contribution in [3.63, 3.8) is 0 Å². The van der Waals surface area contributed by atoms with Crippen LogP contribution in [-0.4, -0.2) is 81.9 Å². The van der Waals surface area contributed by atoms with Gasteiger partial charge in [0.25, 0.3) is 0 Å². The van der Waals surface area contributed by atoms with Gasteiger partial charge in [0.05, 0.1) is 22.9 Å². The minimum atomic E-state index is -3.10. The van der Waals surface area contributed by atoms with Gasteiger partial charge in [0.1, 0.15) is 0 Å². The quantitative estimate of drug-likeness (QED) is 0.239. The number of unbranched alkanes of at least 4 members (excludes halogenated alkanes) is 2. The Balaban J connectivity index is 2.72. The normalized spacial score (nSPS) is 22.4. The van der Waals surface area contributed by atoms with Crippen molar-refractivity contribution in [3.8, 4) is 0 Å². The van der Waals surface area contributed by atoms with Crippen LogP contribution in [0.4, 0.5) is 0 Å². The molecule has 1 aliphatic heterocycles. The van der Waals surface area contributed by atoms with Crippen LogP contribution in [0.25, 0.3) is 0 Å². The highest BCUT2D eigenvalue weighted by atomic mass is 33.1. The number of carbonyl (C=O) groups excluding carboxylic acids is 2. The van der Waals surface area contributed by atoms with Crippen LogP contribution in [0.2, 0.25) is 0 Å². The monoisotopic (exact) mass is 560 g/mol. The average Bonchev–Trinajstić information content (AvgIpc) is 2.82. The fourth-order valence-electron chi connectivity index (χ4n) is 4.27. The first kappa shape index (κ1) is 31.5. The largest absolute Gasteiger partial charge is 0.356 e. The molecule has 1 saturated heterocycles. The van der Waals surface area contributed by atoms with Gasteiger partial charge < -0.3 is 10.6 Å². The molecule has 34 heavy (non-hydrogen) atoms. The predicted octanol–water partition coefficient (Wildman–Crippen LogP) is 1.62. The Morgan fingerprint density at radius 1 is 0.735 bits per heavy atom. The summed E-state index contributed by atoms with van der Waals surface area (Å²) in [5.41, 5.74) is -2.21. The molecule has 14 heteroatoms. The minimum absolute atomic E-state index is 0.321. The van der Waals surface area contributed by atoms with E-state index in [0.717, 1.165) is 39.2 Å². The number of nitrogens with one attached hydrogen (secondary N) is 2. The fourth-order valence-corrected chi connectivity index (χ4v) is 8.05. The average molecular weight is 561 g/mol. The van der Waals surface area contributed by atoms with Crippen LogP contribution < -0.4 is 10.6 Å². The molecule has 1 fully saturated rings. The number of carbonyl (C=O) groups is 2. The number of hydrogen-bond donors (Lipinski definition) is 2. The van der Waals surface area contributed by atoms with Crippen molar-refractivity contribution in [1.29, 1.82) is 0 Å². The lowest BCUT2D eigenvalue weighted by atomic mass is 9.76. The zero-order valence-corrected chi connectivity index (χ0v) is 24.0. The second-order valence-corrected chi connectivity index (χ2v) is 18.8. The third-order valence-electron chi connectivity index (χ3n) is 5.80. The minimum Gasteiger partial charge on any atom is -0.356 e. The molecule has 1 rings (SSSR count). The van der Waals surface area contributed by atoms with Crippen LogP contribution in [-0.2, 0) is 32.5 Å². The molecule has 0 unspecified atom stereocenters. The van der Waals surface area contributed by atoms with E-state index >= 15 is 0 Å². The van der Waals surface area contributed by atoms with E-state index in [0.29, 0.717) is 50.3 Å². The maximum absolute atomic E-state index is 13.1. The fraction of sp³-hybridized carbons (Fsp3) is 0.900. The van der Waals surface area contributed by atoms with Gasteiger partial charge in [-0.25, -0.2) is 16.8 Å². The lowest BCUT2D eigenvalue weighted by molar-refractivity contribution is -0.250. The van der Waals surface area contributed by atoms with Crippen molar-refractivity contribution >= 4 is 51.1 Å². The van der Waals surface area contributed by atoms with Gasteiger partial charge in [-0.05, 0) is 75.0 Å². The Kier molecular flexibility index (Phi) is 11.7. The van der Waals surface area contributed by atoms with Gasteiger partial charge >= 0.3 is 0 Å². The summed E-state index contributed by atoms with van der Waals surface area (Å²) in [7, 11) is -4.46. The molecule has 10 nitrogen and oxygen atoms in total. The molecule has 199 valence electrons. The standard InChI is InChI=1S/C20H38N3O7S4/c1-19(2)15(17(24)21-11-7-9-13-31-33(5,27)28)16(20(3,4)23(19)26)18(25)22-12-8-10-14-32-34(6,29)30/h15-16H,7-14H2,1-6H3,(H,21,24)(H,22,25)/t15-,16-/m0/s1. The summed E-state index contributed by atoms with van der Waals surface area (Å²) in [5, 5.41) is 19.5. The molecule has 1 heterocycles. The Morgan fingerprint density at radius 2 is 1.06 bits per heavy atom. The molecule has 0 spiro atoms. The zero-order valence-electron chi connectivity index (χ0n) is 20.7. The predicted molar refractivity (Wildman–Crippen MR) is 137 cm³/mol. The van der Waals surface area contributed by atoms with Crippen molar-refractivity contribution in [2.45, 2.75) is 64.5 Å². The first-order chi connectivity index (χ1) is 15.4. The van der Waals surface area contributed by atoms with E-state index < -0.39 is 40.7 Å². The SMILES string of the molecule is CC1(C)[C@H](C(=O)NCCCCSS(C)(=O)=O)[C@@H](C(=O)NCCCCSS(C)(=O)=O)C(C)(C)N1[O]. The molecule has 1 radical (unpaired) electrons. The van der Waals surface area contributed by atoms with Gasteiger partial charge in [-0.1, -0.05) is 0 Å². The Labute approximate surface area is 211 Å². The van der Waals surface area contributed by atoms with Crippen LogP contribution in [0.15, 0.2) is 0 Å². The summed E-state index contributed by atoms with van der Waals surface area (Å²) < 4.78 is 44.7. The number of hydrogen-bond acceptors (Lipinski definition) is 9. The first-order valence-electron chi connectivity index (χ1n) is 11.1. The highest BCUT2D eigenvalue weighted by Crippen LogP contribution is 2.48. The molecular formula is C20H38N3O7S4. The highest BCUT2D eigenvalue weighted by Gasteiger charge is 2.64. The second kappa shape index (κ2) is 12.6. The van der Waals surface area contributed by atoms with E-state index in [9.17, 15) is 31.6 Å². The van der Waals surface area contributed by atoms with Crippen molar-refractivity contribution in [2.24, 2.45) is 11.8 Å². The van der Waals surface area contributed by atoms with Gasteiger partial charge in [-0.15, -0.1) is 10.3 Å². The number of nitrogens with zero attached hydrogens (tertiary/aromatic N) is 1. The summed E-state index contributed by atoms with van der Waals surface area (Å²) >= 11 is 0. The summed E-state index contributed by atoms with van der Waals surface area (Å²) in [6.07, 6.45) is 4.66. The van der Waals surface area contributed by atoms with E-state index in [1.165, 1.54) is 0 Å². The van der Waals surface area contributed by atoms with E-state index in [-0.39, 0.29) is 11.8 Å². The summed E-state index contributed by atoms with van der Waals surface area (Å²) in [5.74, 6) is -1.64. The van der Waals surface area contributed by atoms with Gasteiger partial charge in [-0.2, -0.15) is 0 Å². The van der Waals surface area contributed by atoms with Crippen molar-refractivity contribution in [1.82, 2.24) is 15.7 Å². The smallest absolute Gasteiger partial charge is 0.225 e. The Hall–Kier alpha value is -0.540. The van der Waals surface area contributed by atoms with E-state index in [2.05, 4.69) is 10.6 Å². The molecule has 0 aliphatic carbocycles. The van der Waals surface area contributed by atoms with Crippen LogP contribution in [0.1, 0.15) is 53.4 Å². The molecule has 0 aromatic carbocycles. The molecule has 2 atom stereocenters. The van der Waals surface area contributed by atoms with Crippen LogP contribution in [0, 0.1) is 11.8 Å². The van der Waals surface area contributed by atoms with E-state index in [1.54, 1.807) is 27.7 Å². The van der Waals surface area contributed by atoms with Gasteiger partial charge in [0.15, 0.2) is 17.7 Å².